The Labute approximate surface area is 123 Å². The second-order valence-electron chi connectivity index (χ2n) is 4.45. The first-order chi connectivity index (χ1) is 9.75. The molecule has 3 aromatic heterocycles. The van der Waals surface area contributed by atoms with Gasteiger partial charge in [-0.2, -0.15) is 10.2 Å². The number of rotatable bonds is 5. The van der Waals surface area contributed by atoms with Crippen LogP contribution >= 0.6 is 15.9 Å². The highest BCUT2D eigenvalue weighted by Crippen LogP contribution is 2.26. The van der Waals surface area contributed by atoms with Crippen molar-refractivity contribution in [3.8, 4) is 0 Å². The highest BCUT2D eigenvalue weighted by atomic mass is 79.9. The third kappa shape index (κ3) is 2.51. The zero-order valence-electron chi connectivity index (χ0n) is 11.0. The fourth-order valence-corrected chi connectivity index (χ4v) is 2.69. The van der Waals surface area contributed by atoms with Crippen molar-refractivity contribution < 1.29 is 0 Å². The monoisotopic (exact) mass is 335 g/mol. The number of aromatic nitrogens is 6. The minimum Gasteiger partial charge on any atom is -0.369 e. The van der Waals surface area contributed by atoms with Gasteiger partial charge in [0.25, 0.3) is 0 Å². The van der Waals surface area contributed by atoms with Crippen molar-refractivity contribution in [2.75, 3.05) is 11.9 Å². The summed E-state index contributed by atoms with van der Waals surface area (Å²) in [7, 11) is 1.86. The van der Waals surface area contributed by atoms with Crippen molar-refractivity contribution in [1.82, 2.24) is 29.9 Å². The van der Waals surface area contributed by atoms with E-state index >= 15 is 0 Å². The Morgan fingerprint density at radius 1 is 1.40 bits per heavy atom. The lowest BCUT2D eigenvalue weighted by atomic mass is 10.2. The topological polar surface area (TPSA) is 84.3 Å². The predicted molar refractivity (Wildman–Crippen MR) is 79.4 cm³/mol. The van der Waals surface area contributed by atoms with E-state index in [9.17, 15) is 0 Å². The molecule has 0 unspecified atom stereocenters. The minimum atomic E-state index is 0.756. The van der Waals surface area contributed by atoms with E-state index in [1.165, 1.54) is 0 Å². The van der Waals surface area contributed by atoms with Crippen LogP contribution in [0.4, 0.5) is 5.82 Å². The van der Waals surface area contributed by atoms with Crippen LogP contribution in [0.1, 0.15) is 12.1 Å². The standard InChI is InChI=1S/C12H14BrN7/c1-20-12-9(10(13)19-20)11(15-7-16-12)14-5-2-3-8-4-6-17-18-8/h4,6-7H,2-3,5H2,1H3,(H,17,18)(H,14,15,16). The van der Waals surface area contributed by atoms with Crippen LogP contribution in [-0.2, 0) is 13.5 Å². The number of fused-ring (bicyclic) bond motifs is 1. The van der Waals surface area contributed by atoms with Crippen LogP contribution < -0.4 is 5.32 Å². The van der Waals surface area contributed by atoms with Crippen LogP contribution in [0.2, 0.25) is 0 Å². The first-order valence-electron chi connectivity index (χ1n) is 6.31. The zero-order valence-corrected chi connectivity index (χ0v) is 12.6. The van der Waals surface area contributed by atoms with E-state index in [-0.39, 0.29) is 0 Å². The van der Waals surface area contributed by atoms with Gasteiger partial charge in [-0.05, 0) is 34.8 Å². The molecule has 0 saturated heterocycles. The summed E-state index contributed by atoms with van der Waals surface area (Å²) in [6.45, 7) is 0.826. The molecule has 20 heavy (non-hydrogen) atoms. The zero-order chi connectivity index (χ0) is 13.9. The quantitative estimate of drug-likeness (QED) is 0.695. The molecule has 0 amide bonds. The van der Waals surface area contributed by atoms with Crippen LogP contribution in [0.3, 0.4) is 0 Å². The third-order valence-electron chi connectivity index (χ3n) is 3.05. The third-order valence-corrected chi connectivity index (χ3v) is 3.61. The Morgan fingerprint density at radius 2 is 2.30 bits per heavy atom. The minimum absolute atomic E-state index is 0.756. The van der Waals surface area contributed by atoms with Crippen LogP contribution in [0.15, 0.2) is 23.2 Å². The molecule has 8 heteroatoms. The van der Waals surface area contributed by atoms with Gasteiger partial charge in [0, 0.05) is 25.5 Å². The van der Waals surface area contributed by atoms with Gasteiger partial charge in [-0.3, -0.25) is 5.10 Å². The maximum atomic E-state index is 4.30. The molecule has 0 aromatic carbocycles. The summed E-state index contributed by atoms with van der Waals surface area (Å²) in [6.07, 6.45) is 5.26. The Balaban J connectivity index is 1.68. The summed E-state index contributed by atoms with van der Waals surface area (Å²) < 4.78 is 2.49. The fraction of sp³-hybridized carbons (Fsp3) is 0.333. The molecule has 2 N–H and O–H groups in total. The van der Waals surface area contributed by atoms with Crippen molar-refractivity contribution in [3.63, 3.8) is 0 Å². The highest BCUT2D eigenvalue weighted by Gasteiger charge is 2.12. The lowest BCUT2D eigenvalue weighted by molar-refractivity contribution is 0.777. The molecular weight excluding hydrogens is 322 g/mol. The van der Waals surface area contributed by atoms with E-state index in [2.05, 4.69) is 46.5 Å². The summed E-state index contributed by atoms with van der Waals surface area (Å²) in [5.41, 5.74) is 1.95. The van der Waals surface area contributed by atoms with E-state index in [0.29, 0.717) is 0 Å². The van der Waals surface area contributed by atoms with Gasteiger partial charge in [0.1, 0.15) is 16.7 Å². The van der Waals surface area contributed by atoms with Crippen LogP contribution in [0.5, 0.6) is 0 Å². The van der Waals surface area contributed by atoms with Gasteiger partial charge in [0.15, 0.2) is 5.65 Å². The molecule has 3 heterocycles. The molecule has 3 rings (SSSR count). The molecule has 0 spiro atoms. The lowest BCUT2D eigenvalue weighted by Crippen LogP contribution is -2.05. The van der Waals surface area contributed by atoms with Gasteiger partial charge < -0.3 is 5.32 Å². The number of hydrogen-bond donors (Lipinski definition) is 2. The smallest absolute Gasteiger partial charge is 0.164 e. The van der Waals surface area contributed by atoms with Gasteiger partial charge in [-0.25, -0.2) is 14.6 Å². The number of hydrogen-bond acceptors (Lipinski definition) is 5. The summed E-state index contributed by atoms with van der Waals surface area (Å²) in [5, 5.41) is 15.4. The Kier molecular flexibility index (Phi) is 3.64. The van der Waals surface area contributed by atoms with E-state index in [1.807, 2.05) is 13.1 Å². The second kappa shape index (κ2) is 5.58. The van der Waals surface area contributed by atoms with Crippen molar-refractivity contribution in [3.05, 3.63) is 28.9 Å². The van der Waals surface area contributed by atoms with Crippen molar-refractivity contribution in [1.29, 1.82) is 0 Å². The first kappa shape index (κ1) is 13.0. The van der Waals surface area contributed by atoms with Gasteiger partial charge >= 0.3 is 0 Å². The molecule has 0 atom stereocenters. The van der Waals surface area contributed by atoms with Crippen molar-refractivity contribution in [2.24, 2.45) is 7.05 Å². The molecule has 0 aliphatic heterocycles. The number of aromatic amines is 1. The molecule has 7 nitrogen and oxygen atoms in total. The van der Waals surface area contributed by atoms with E-state index in [4.69, 9.17) is 0 Å². The molecule has 0 fully saturated rings. The molecular formula is C12H14BrN7. The molecule has 0 aliphatic rings. The number of nitrogens with zero attached hydrogens (tertiary/aromatic N) is 5. The maximum absolute atomic E-state index is 4.30. The molecule has 0 bridgehead atoms. The summed E-state index contributed by atoms with van der Waals surface area (Å²) in [5.74, 6) is 0.805. The Morgan fingerprint density at radius 3 is 3.10 bits per heavy atom. The van der Waals surface area contributed by atoms with Gasteiger partial charge in [-0.15, -0.1) is 0 Å². The van der Waals surface area contributed by atoms with Crippen LogP contribution in [0.25, 0.3) is 11.0 Å². The SMILES string of the molecule is Cn1nc(Br)c2c(NCCCc3ccn[nH]3)ncnc21. The predicted octanol–water partition coefficient (Wildman–Crippen LogP) is 1.89. The first-order valence-corrected chi connectivity index (χ1v) is 7.10. The number of H-pyrrole nitrogens is 1. The van der Waals surface area contributed by atoms with Crippen LogP contribution in [-0.4, -0.2) is 36.5 Å². The van der Waals surface area contributed by atoms with Gasteiger partial charge in [0.05, 0.1) is 5.39 Å². The Hall–Kier alpha value is -1.96. The average molecular weight is 336 g/mol. The number of aryl methyl sites for hydroxylation is 2. The number of nitrogens with one attached hydrogen (secondary N) is 2. The molecule has 0 aliphatic carbocycles. The molecule has 3 aromatic rings. The van der Waals surface area contributed by atoms with Crippen LogP contribution in [0, 0.1) is 0 Å². The molecule has 104 valence electrons. The molecule has 0 radical (unpaired) electrons. The van der Waals surface area contributed by atoms with E-state index < -0.39 is 0 Å². The Bertz CT molecular complexity index is 704. The van der Waals surface area contributed by atoms with E-state index in [0.717, 1.165) is 46.5 Å². The summed E-state index contributed by atoms with van der Waals surface area (Å²) >= 11 is 3.44. The van der Waals surface area contributed by atoms with Gasteiger partial charge in [0.2, 0.25) is 0 Å². The van der Waals surface area contributed by atoms with E-state index in [1.54, 1.807) is 17.2 Å². The molecule has 0 saturated carbocycles. The summed E-state index contributed by atoms with van der Waals surface area (Å²) in [4.78, 5) is 8.53. The van der Waals surface area contributed by atoms with Crippen molar-refractivity contribution in [2.45, 2.75) is 12.8 Å². The van der Waals surface area contributed by atoms with Crippen molar-refractivity contribution >= 4 is 32.8 Å². The van der Waals surface area contributed by atoms with Gasteiger partial charge in [-0.1, -0.05) is 0 Å². The average Bonchev–Trinajstić information content (AvgIpc) is 3.05. The number of halogens is 1. The maximum Gasteiger partial charge on any atom is 0.164 e. The lowest BCUT2D eigenvalue weighted by Gasteiger charge is -2.05. The fourth-order valence-electron chi connectivity index (χ4n) is 2.08. The largest absolute Gasteiger partial charge is 0.369 e. The number of anilines is 1. The second-order valence-corrected chi connectivity index (χ2v) is 5.20. The highest BCUT2D eigenvalue weighted by molar-refractivity contribution is 9.10. The normalized spacial score (nSPS) is 11.1. The summed E-state index contributed by atoms with van der Waals surface area (Å²) in [6, 6.07) is 1.99.